The third-order valence-electron chi connectivity index (χ3n) is 2.53. The summed E-state index contributed by atoms with van der Waals surface area (Å²) in [4.78, 5) is 0.102. The van der Waals surface area contributed by atoms with Crippen molar-refractivity contribution >= 4 is 21.2 Å². The lowest BCUT2D eigenvalue weighted by molar-refractivity contribution is 0.486. The highest BCUT2D eigenvalue weighted by Crippen LogP contribution is 2.20. The molecule has 2 aromatic rings. The molecule has 2 aromatic carbocycles. The van der Waals surface area contributed by atoms with Crippen molar-refractivity contribution in [2.75, 3.05) is 0 Å². The van der Waals surface area contributed by atoms with Gasteiger partial charge >= 0.3 is 10.1 Å². The normalized spacial score (nSPS) is 12.9. The van der Waals surface area contributed by atoms with Gasteiger partial charge in [0.1, 0.15) is 10.6 Å². The highest BCUT2D eigenvalue weighted by Gasteiger charge is 2.16. The van der Waals surface area contributed by atoms with Gasteiger partial charge in [-0.05, 0) is 54.4 Å². The summed E-state index contributed by atoms with van der Waals surface area (Å²) in [5.74, 6) is 0.0553. The summed E-state index contributed by atoms with van der Waals surface area (Å²) >= 11 is -2.35. The Kier molecular flexibility index (Phi) is 4.22. The summed E-state index contributed by atoms with van der Waals surface area (Å²) in [6.07, 6.45) is 0. The Hall–Kier alpha value is -1.70. The first-order chi connectivity index (χ1) is 9.38. The van der Waals surface area contributed by atoms with Crippen molar-refractivity contribution in [3.8, 4) is 5.75 Å². The van der Waals surface area contributed by atoms with E-state index in [4.69, 9.17) is 4.18 Å². The van der Waals surface area contributed by atoms with Crippen LogP contribution in [0, 0.1) is 6.92 Å². The van der Waals surface area contributed by atoms with Crippen molar-refractivity contribution in [3.63, 3.8) is 0 Å². The summed E-state index contributed by atoms with van der Waals surface area (Å²) < 4.78 is 50.3. The maximum absolute atomic E-state index is 12.0. The van der Waals surface area contributed by atoms with Crippen LogP contribution in [0.25, 0.3) is 0 Å². The van der Waals surface area contributed by atoms with E-state index in [-0.39, 0.29) is 15.5 Å². The number of rotatable bonds is 4. The number of aryl methyl sites for hydroxylation is 1. The highest BCUT2D eigenvalue weighted by molar-refractivity contribution is 7.87. The molecule has 0 heterocycles. The van der Waals surface area contributed by atoms with Crippen molar-refractivity contribution < 1.29 is 21.4 Å². The molecule has 0 aliphatic heterocycles. The van der Waals surface area contributed by atoms with Gasteiger partial charge in [-0.3, -0.25) is 4.21 Å². The molecule has 0 amide bonds. The first-order valence-electron chi connectivity index (χ1n) is 5.59. The average molecular weight is 311 g/mol. The van der Waals surface area contributed by atoms with Gasteiger partial charge in [0.15, 0.2) is 0 Å². The van der Waals surface area contributed by atoms with Crippen LogP contribution >= 0.6 is 0 Å². The van der Waals surface area contributed by atoms with E-state index in [2.05, 4.69) is 0 Å². The maximum Gasteiger partial charge on any atom is 0.339 e. The molecule has 0 fully saturated rings. The number of hydrogen-bond donors (Lipinski definition) is 0. The number of benzene rings is 2. The first kappa shape index (κ1) is 14.7. The van der Waals surface area contributed by atoms with Crippen LogP contribution in [-0.4, -0.2) is 17.2 Å². The third kappa shape index (κ3) is 3.44. The van der Waals surface area contributed by atoms with Crippen LogP contribution in [0.15, 0.2) is 58.3 Å². The van der Waals surface area contributed by atoms with Crippen LogP contribution < -0.4 is 4.18 Å². The van der Waals surface area contributed by atoms with Gasteiger partial charge < -0.3 is 8.74 Å². The Morgan fingerprint density at radius 2 is 1.55 bits per heavy atom. The molecule has 0 aliphatic rings. The monoisotopic (exact) mass is 311 g/mol. The molecule has 1 unspecified atom stereocenters. The molecule has 0 bridgehead atoms. The van der Waals surface area contributed by atoms with Crippen LogP contribution in [-0.2, 0) is 21.2 Å². The van der Waals surface area contributed by atoms with E-state index in [9.17, 15) is 17.2 Å². The van der Waals surface area contributed by atoms with E-state index in [1.165, 1.54) is 36.4 Å². The molecular formula is C13H11O5S2-. The van der Waals surface area contributed by atoms with E-state index >= 15 is 0 Å². The van der Waals surface area contributed by atoms with Gasteiger partial charge in [0.05, 0.1) is 0 Å². The predicted molar refractivity (Wildman–Crippen MR) is 72.6 cm³/mol. The average Bonchev–Trinajstić information content (AvgIpc) is 2.39. The third-order valence-corrected chi connectivity index (χ3v) is 4.45. The standard InChI is InChI=1S/C13H12O5S2/c1-10-2-8-13(9-3-10)20(16,17)18-11-4-6-12(7-5-11)19(14)15/h2-9H,1H3,(H,14,15)/p-1. The minimum Gasteiger partial charge on any atom is -0.768 e. The second-order valence-electron chi connectivity index (χ2n) is 4.06. The van der Waals surface area contributed by atoms with Crippen LogP contribution in [0.3, 0.4) is 0 Å². The molecule has 0 radical (unpaired) electrons. The number of hydrogen-bond acceptors (Lipinski definition) is 5. The van der Waals surface area contributed by atoms with Crippen molar-refractivity contribution in [1.29, 1.82) is 0 Å². The summed E-state index contributed by atoms with van der Waals surface area (Å²) in [6.45, 7) is 1.85. The van der Waals surface area contributed by atoms with Gasteiger partial charge in [0, 0.05) is 4.90 Å². The topological polar surface area (TPSA) is 83.5 Å². The first-order valence-corrected chi connectivity index (χ1v) is 8.07. The Morgan fingerprint density at radius 3 is 2.05 bits per heavy atom. The molecule has 5 nitrogen and oxygen atoms in total. The maximum atomic E-state index is 12.0. The smallest absolute Gasteiger partial charge is 0.339 e. The Bertz CT molecular complexity index is 718. The largest absolute Gasteiger partial charge is 0.768 e. The van der Waals surface area contributed by atoms with Crippen molar-refractivity contribution in [3.05, 3.63) is 54.1 Å². The molecule has 0 saturated heterocycles. The molecule has 0 N–H and O–H groups in total. The van der Waals surface area contributed by atoms with Crippen molar-refractivity contribution in [2.45, 2.75) is 16.7 Å². The minimum atomic E-state index is -3.92. The summed E-state index contributed by atoms with van der Waals surface area (Å²) in [6, 6.07) is 11.3. The van der Waals surface area contributed by atoms with Crippen molar-refractivity contribution in [2.24, 2.45) is 0 Å². The zero-order valence-corrected chi connectivity index (χ0v) is 12.1. The van der Waals surface area contributed by atoms with Crippen LogP contribution in [0.4, 0.5) is 0 Å². The van der Waals surface area contributed by atoms with Crippen LogP contribution in [0.5, 0.6) is 5.75 Å². The quantitative estimate of drug-likeness (QED) is 0.637. The fourth-order valence-electron chi connectivity index (χ4n) is 1.49. The molecule has 1 atom stereocenters. The predicted octanol–water partition coefficient (Wildman–Crippen LogP) is 2.00. The van der Waals surface area contributed by atoms with E-state index in [0.717, 1.165) is 5.56 Å². The highest BCUT2D eigenvalue weighted by atomic mass is 32.2. The molecule has 2 rings (SSSR count). The van der Waals surface area contributed by atoms with Gasteiger partial charge in [-0.25, -0.2) is 0 Å². The summed E-state index contributed by atoms with van der Waals surface area (Å²) in [7, 11) is -3.92. The lowest BCUT2D eigenvalue weighted by Crippen LogP contribution is -2.09. The second-order valence-corrected chi connectivity index (χ2v) is 6.54. The Balaban J connectivity index is 2.24. The van der Waals surface area contributed by atoms with E-state index in [0.29, 0.717) is 0 Å². The van der Waals surface area contributed by atoms with Gasteiger partial charge in [-0.2, -0.15) is 8.42 Å². The molecule has 7 heteroatoms. The minimum absolute atomic E-state index is 0.0413. The molecular weight excluding hydrogens is 300 g/mol. The molecule has 20 heavy (non-hydrogen) atoms. The van der Waals surface area contributed by atoms with Crippen molar-refractivity contribution in [1.82, 2.24) is 0 Å². The van der Waals surface area contributed by atoms with Gasteiger partial charge in [-0.15, -0.1) is 0 Å². The van der Waals surface area contributed by atoms with E-state index < -0.39 is 21.2 Å². The fourth-order valence-corrected chi connectivity index (χ4v) is 2.77. The van der Waals surface area contributed by atoms with E-state index in [1.807, 2.05) is 6.92 Å². The zero-order valence-electron chi connectivity index (χ0n) is 10.5. The lowest BCUT2D eigenvalue weighted by Gasteiger charge is -2.09. The molecule has 0 aliphatic carbocycles. The molecule has 0 saturated carbocycles. The summed E-state index contributed by atoms with van der Waals surface area (Å²) in [5.41, 5.74) is 0.936. The molecule has 0 spiro atoms. The van der Waals surface area contributed by atoms with Gasteiger partial charge in [0.2, 0.25) is 0 Å². The SMILES string of the molecule is Cc1ccc(S(=O)(=O)Oc2ccc(S(=O)[O-])cc2)cc1. The summed E-state index contributed by atoms with van der Waals surface area (Å²) in [5, 5.41) is 0. The van der Waals surface area contributed by atoms with Crippen LogP contribution in [0.2, 0.25) is 0 Å². The second kappa shape index (κ2) is 5.74. The van der Waals surface area contributed by atoms with Gasteiger partial charge in [0.25, 0.3) is 0 Å². The molecule has 0 aromatic heterocycles. The van der Waals surface area contributed by atoms with Gasteiger partial charge in [-0.1, -0.05) is 17.7 Å². The van der Waals surface area contributed by atoms with Crippen LogP contribution in [0.1, 0.15) is 5.56 Å². The zero-order chi connectivity index (χ0) is 14.8. The Morgan fingerprint density at radius 1 is 1.00 bits per heavy atom. The Labute approximate surface area is 119 Å². The lowest BCUT2D eigenvalue weighted by atomic mass is 10.2. The molecule has 106 valence electrons. The fraction of sp³-hybridized carbons (Fsp3) is 0.0769. The van der Waals surface area contributed by atoms with E-state index in [1.54, 1.807) is 12.1 Å².